The molecule has 0 atom stereocenters. The molecule has 0 aromatic rings. The van der Waals surface area contributed by atoms with Gasteiger partial charge in [-0.05, 0) is 13.8 Å². The van der Waals surface area contributed by atoms with Crippen LogP contribution in [0.4, 0.5) is 8.44 Å². The average Bonchev–Trinajstić information content (AvgIpc) is 1.66. The Kier molecular flexibility index (Phi) is 15.5. The van der Waals surface area contributed by atoms with Crippen LogP contribution >= 0.6 is 0 Å². The van der Waals surface area contributed by atoms with Crippen LogP contribution in [0.5, 0.6) is 0 Å². The number of hydrogen-bond acceptors (Lipinski definition) is 1. The van der Waals surface area contributed by atoms with E-state index in [1.165, 1.54) is 0 Å². The Morgan fingerprint density at radius 2 is 1.33 bits per heavy atom. The van der Waals surface area contributed by atoms with Gasteiger partial charge in [0.2, 0.25) is 0 Å². The van der Waals surface area contributed by atoms with Crippen LogP contribution in [0.1, 0.15) is 13.8 Å². The monoisotopic (exact) mass is 252 g/mol. The van der Waals surface area contributed by atoms with E-state index in [-0.39, 0.29) is 0 Å². The Labute approximate surface area is 62.6 Å². The van der Waals surface area contributed by atoms with Crippen molar-refractivity contribution in [2.75, 3.05) is 13.2 Å². The third-order valence-corrected chi connectivity index (χ3v) is 0.408. The molecule has 0 aromatic heterocycles. The summed E-state index contributed by atoms with van der Waals surface area (Å²) in [5.74, 6) is 0. The molecule has 0 aliphatic rings. The van der Waals surface area contributed by atoms with Gasteiger partial charge in [-0.15, -0.1) is 0 Å². The molecule has 0 aromatic carbocycles. The van der Waals surface area contributed by atoms with Crippen molar-refractivity contribution in [3.8, 4) is 0 Å². The van der Waals surface area contributed by atoms with E-state index in [0.29, 0.717) is 0 Å². The Morgan fingerprint density at radius 3 is 1.33 bits per heavy atom. The summed E-state index contributed by atoms with van der Waals surface area (Å²) in [7, 11) is 0. The average molecular weight is 253 g/mol. The predicted octanol–water partition coefficient (Wildman–Crippen LogP) is 1.92. The molecule has 5 heteroatoms. The summed E-state index contributed by atoms with van der Waals surface area (Å²) in [6.45, 7) is 5.67. The van der Waals surface area contributed by atoms with Crippen molar-refractivity contribution in [2.24, 2.45) is 0 Å². The fourth-order valence-electron chi connectivity index (χ4n) is 0.204. The van der Waals surface area contributed by atoms with Crippen molar-refractivity contribution in [3.63, 3.8) is 0 Å². The molecule has 0 aliphatic carbocycles. The van der Waals surface area contributed by atoms with Crippen molar-refractivity contribution < 1.29 is 13.2 Å². The molecule has 58 valence electrons. The molecule has 0 amide bonds. The van der Waals surface area contributed by atoms with E-state index in [1.807, 2.05) is 13.8 Å². The molecule has 0 radical (unpaired) electrons. The summed E-state index contributed by atoms with van der Waals surface area (Å²) in [4.78, 5) is 0. The van der Waals surface area contributed by atoms with Crippen LogP contribution in [-0.4, -0.2) is 35.2 Å². The van der Waals surface area contributed by atoms with Crippen LogP contribution in [0.3, 0.4) is 0 Å². The minimum absolute atomic E-state index is 0.844. The molecule has 0 saturated heterocycles. The van der Waals surface area contributed by atoms with Gasteiger partial charge in [-0.2, -0.15) is 0 Å². The zero-order valence-corrected chi connectivity index (χ0v) is 7.96. The van der Waals surface area contributed by atoms with Crippen molar-refractivity contribution in [3.05, 3.63) is 0 Å². The maximum atomic E-state index is 9.85. The van der Waals surface area contributed by atoms with E-state index in [0.717, 1.165) is 13.2 Å². The van der Waals surface area contributed by atoms with Crippen molar-refractivity contribution in [1.29, 1.82) is 0 Å². The van der Waals surface area contributed by atoms with Crippen LogP contribution in [0.15, 0.2) is 0 Å². The van der Waals surface area contributed by atoms with Gasteiger partial charge in [0.05, 0.1) is 0 Å². The van der Waals surface area contributed by atoms with E-state index in [2.05, 4.69) is 0 Å². The van der Waals surface area contributed by atoms with Gasteiger partial charge in [0.25, 0.3) is 0 Å². The van der Waals surface area contributed by atoms with Crippen LogP contribution in [0.2, 0.25) is 0 Å². The first kappa shape index (κ1) is 12.3. The normalized spacial score (nSPS) is 8.67. The van der Waals surface area contributed by atoms with E-state index >= 15 is 0 Å². The van der Waals surface area contributed by atoms with Crippen LogP contribution in [0.25, 0.3) is 0 Å². The van der Waals surface area contributed by atoms with Crippen molar-refractivity contribution in [2.45, 2.75) is 13.8 Å². The molecule has 1 nitrogen and oxygen atoms in total. The summed E-state index contributed by atoms with van der Waals surface area (Å²) in [5, 5.41) is 0. The quantitative estimate of drug-likeness (QED) is 0.683. The Hall–Kier alpha value is 0.568. The second kappa shape index (κ2) is 11.4. The minimum atomic E-state index is -4.95. The number of ether oxygens (including phenoxy) is 1. The number of hydrogen-bond donors (Lipinski definition) is 0. The van der Waals surface area contributed by atoms with E-state index in [9.17, 15) is 8.44 Å². The molecule has 0 unspecified atom stereocenters. The van der Waals surface area contributed by atoms with Crippen molar-refractivity contribution in [1.82, 2.24) is 0 Å². The van der Waals surface area contributed by atoms with Gasteiger partial charge < -0.3 is 4.74 Å². The number of rotatable bonds is 2. The molecule has 0 N–H and O–H groups in total. The summed E-state index contributed by atoms with van der Waals surface area (Å²) in [5.41, 5.74) is 0. The standard InChI is InChI=1S/C4H10O.3FH.Sb/c1-3-5-4-2;;;;/h3-4H2,1-2H3;3*1H;/q;;;;+3/p-3. The molecule has 0 spiro atoms. The van der Waals surface area contributed by atoms with Gasteiger partial charge in [0.15, 0.2) is 0 Å². The first-order valence-corrected chi connectivity index (χ1v) is 5.39. The molecule has 0 saturated carbocycles. The fourth-order valence-corrected chi connectivity index (χ4v) is 0.204. The second-order valence-electron chi connectivity index (χ2n) is 0.973. The SMILES string of the molecule is CCOCC.[F][Sb]([F])[F]. The Bertz CT molecular complexity index is 40.0. The van der Waals surface area contributed by atoms with Gasteiger partial charge in [-0.25, -0.2) is 0 Å². The molecule has 0 bridgehead atoms. The second-order valence-corrected chi connectivity index (χ2v) is 2.07. The fraction of sp³-hybridized carbons (Fsp3) is 1.00. The van der Waals surface area contributed by atoms with Gasteiger partial charge in [-0.1, -0.05) is 0 Å². The summed E-state index contributed by atoms with van der Waals surface area (Å²) >= 11 is -4.95. The summed E-state index contributed by atoms with van der Waals surface area (Å²) in [6.07, 6.45) is 0. The molecule has 0 aliphatic heterocycles. The van der Waals surface area contributed by atoms with Gasteiger partial charge in [0, 0.05) is 13.2 Å². The van der Waals surface area contributed by atoms with E-state index in [4.69, 9.17) is 4.74 Å². The van der Waals surface area contributed by atoms with E-state index < -0.39 is 22.0 Å². The molecule has 9 heavy (non-hydrogen) atoms. The molecule has 0 fully saturated rings. The van der Waals surface area contributed by atoms with Gasteiger partial charge in [0.1, 0.15) is 0 Å². The molecule has 0 rings (SSSR count). The Morgan fingerprint density at radius 1 is 1.11 bits per heavy atom. The van der Waals surface area contributed by atoms with Crippen LogP contribution in [-0.2, 0) is 4.74 Å². The first-order valence-electron chi connectivity index (χ1n) is 2.50. The summed E-state index contributed by atoms with van der Waals surface area (Å²) < 4.78 is 34.4. The zero-order valence-electron chi connectivity index (χ0n) is 5.40. The molecular formula is C4H10F3OSb. The number of halogens is 3. The summed E-state index contributed by atoms with van der Waals surface area (Å²) in [6, 6.07) is 0. The van der Waals surface area contributed by atoms with Crippen LogP contribution in [0, 0.1) is 0 Å². The molecule has 0 heterocycles. The third-order valence-electron chi connectivity index (χ3n) is 0.408. The van der Waals surface area contributed by atoms with Crippen LogP contribution < -0.4 is 0 Å². The first-order chi connectivity index (χ1) is 4.15. The van der Waals surface area contributed by atoms with Crippen molar-refractivity contribution >= 4 is 22.0 Å². The van der Waals surface area contributed by atoms with E-state index in [1.54, 1.807) is 0 Å². The maximum absolute atomic E-state index is 9.85. The third kappa shape index (κ3) is 56.0. The van der Waals surface area contributed by atoms with Gasteiger partial charge >= 0.3 is 30.4 Å². The van der Waals surface area contributed by atoms with Gasteiger partial charge in [-0.3, -0.25) is 0 Å². The zero-order chi connectivity index (χ0) is 7.70. The topological polar surface area (TPSA) is 9.23 Å². The Balaban J connectivity index is 0. The molecular weight excluding hydrogens is 243 g/mol. The predicted molar refractivity (Wildman–Crippen MR) is 31.2 cm³/mol.